The Labute approximate surface area is 97.0 Å². The summed E-state index contributed by atoms with van der Waals surface area (Å²) in [7, 11) is 0. The smallest absolute Gasteiger partial charge is 0.188 e. The van der Waals surface area contributed by atoms with Gasteiger partial charge in [-0.1, -0.05) is 19.4 Å². The molecule has 0 fully saturated rings. The molecule has 16 heavy (non-hydrogen) atoms. The molecule has 0 aromatic carbocycles. The molecular formula is C12H20N4. The van der Waals surface area contributed by atoms with E-state index >= 15 is 0 Å². The van der Waals surface area contributed by atoms with Gasteiger partial charge in [0.05, 0.1) is 0 Å². The van der Waals surface area contributed by atoms with Crippen molar-refractivity contribution in [2.24, 2.45) is 10.7 Å². The lowest BCUT2D eigenvalue weighted by molar-refractivity contribution is 0.787. The first kappa shape index (κ1) is 12.5. The van der Waals surface area contributed by atoms with Crippen LogP contribution < -0.4 is 11.1 Å². The Morgan fingerprint density at radius 2 is 2.38 bits per heavy atom. The van der Waals surface area contributed by atoms with Gasteiger partial charge in [-0.05, 0) is 18.6 Å². The zero-order valence-corrected chi connectivity index (χ0v) is 9.82. The van der Waals surface area contributed by atoms with Gasteiger partial charge in [-0.3, -0.25) is 9.98 Å². The van der Waals surface area contributed by atoms with Gasteiger partial charge in [0.2, 0.25) is 0 Å². The minimum absolute atomic E-state index is 0.532. The summed E-state index contributed by atoms with van der Waals surface area (Å²) in [5, 5.41) is 3.08. The molecule has 88 valence electrons. The Morgan fingerprint density at radius 3 is 3.06 bits per heavy atom. The molecule has 1 heterocycles. The lowest BCUT2D eigenvalue weighted by atomic mass is 10.3. The van der Waals surface area contributed by atoms with E-state index in [9.17, 15) is 0 Å². The van der Waals surface area contributed by atoms with Crippen molar-refractivity contribution >= 4 is 5.96 Å². The number of aliphatic imine (C=N–C) groups is 1. The Hall–Kier alpha value is -1.58. The third-order valence-electron chi connectivity index (χ3n) is 2.21. The van der Waals surface area contributed by atoms with E-state index < -0.39 is 0 Å². The summed E-state index contributed by atoms with van der Waals surface area (Å²) in [6.07, 6.45) is 4.90. The number of rotatable bonds is 6. The van der Waals surface area contributed by atoms with E-state index in [2.05, 4.69) is 22.2 Å². The molecular weight excluding hydrogens is 200 g/mol. The number of guanidine groups is 1. The maximum atomic E-state index is 5.70. The van der Waals surface area contributed by atoms with Crippen LogP contribution in [0.5, 0.6) is 0 Å². The van der Waals surface area contributed by atoms with Crippen molar-refractivity contribution in [2.75, 3.05) is 13.1 Å². The molecule has 0 aliphatic rings. The number of hydrogen-bond acceptors (Lipinski definition) is 2. The molecule has 0 saturated heterocycles. The molecule has 1 rings (SSSR count). The van der Waals surface area contributed by atoms with Crippen molar-refractivity contribution in [1.29, 1.82) is 0 Å². The van der Waals surface area contributed by atoms with Crippen LogP contribution in [0, 0.1) is 0 Å². The molecule has 1 aromatic rings. The number of hydrogen-bond donors (Lipinski definition) is 2. The Morgan fingerprint density at radius 1 is 1.50 bits per heavy atom. The Bertz CT molecular complexity index is 308. The minimum Gasteiger partial charge on any atom is -0.370 e. The highest BCUT2D eigenvalue weighted by molar-refractivity contribution is 5.77. The van der Waals surface area contributed by atoms with Crippen LogP contribution in [0.4, 0.5) is 0 Å². The fourth-order valence-corrected chi connectivity index (χ4v) is 1.28. The van der Waals surface area contributed by atoms with E-state index in [-0.39, 0.29) is 0 Å². The lowest BCUT2D eigenvalue weighted by Crippen LogP contribution is -2.33. The monoisotopic (exact) mass is 220 g/mol. The maximum Gasteiger partial charge on any atom is 0.188 e. The summed E-state index contributed by atoms with van der Waals surface area (Å²) in [5.41, 5.74) is 6.76. The summed E-state index contributed by atoms with van der Waals surface area (Å²) >= 11 is 0. The van der Waals surface area contributed by atoms with E-state index in [1.54, 1.807) is 6.20 Å². The highest BCUT2D eigenvalue weighted by Crippen LogP contribution is 1.92. The Balaban J connectivity index is 2.18. The quantitative estimate of drug-likeness (QED) is 0.432. The largest absolute Gasteiger partial charge is 0.370 e. The lowest BCUT2D eigenvalue weighted by Gasteiger charge is -2.04. The van der Waals surface area contributed by atoms with Crippen molar-refractivity contribution in [3.05, 3.63) is 30.1 Å². The van der Waals surface area contributed by atoms with E-state index in [4.69, 9.17) is 5.73 Å². The van der Waals surface area contributed by atoms with Crippen molar-refractivity contribution in [1.82, 2.24) is 10.3 Å². The Kier molecular flexibility index (Phi) is 5.99. The predicted octanol–water partition coefficient (Wildman–Crippen LogP) is 1.33. The first-order valence-corrected chi connectivity index (χ1v) is 5.76. The summed E-state index contributed by atoms with van der Waals surface area (Å²) in [6.45, 7) is 3.72. The van der Waals surface area contributed by atoms with Crippen molar-refractivity contribution in [2.45, 2.75) is 26.2 Å². The number of unbranched alkanes of at least 4 members (excludes halogenated alkanes) is 1. The molecule has 0 atom stereocenters. The zero-order chi connectivity index (χ0) is 11.6. The third kappa shape index (κ3) is 5.34. The summed E-state index contributed by atoms with van der Waals surface area (Å²) < 4.78 is 0. The van der Waals surface area contributed by atoms with Gasteiger partial charge in [-0.25, -0.2) is 0 Å². The molecule has 0 radical (unpaired) electrons. The average Bonchev–Trinajstić information content (AvgIpc) is 2.31. The number of nitrogens with two attached hydrogens (primary N) is 1. The summed E-state index contributed by atoms with van der Waals surface area (Å²) in [4.78, 5) is 8.44. The highest BCUT2D eigenvalue weighted by Gasteiger charge is 1.94. The molecule has 0 aliphatic heterocycles. The minimum atomic E-state index is 0.532. The molecule has 0 amide bonds. The van der Waals surface area contributed by atoms with Gasteiger partial charge in [0.25, 0.3) is 0 Å². The summed E-state index contributed by atoms with van der Waals surface area (Å²) in [6, 6.07) is 5.91. The molecule has 4 heteroatoms. The van der Waals surface area contributed by atoms with Crippen LogP contribution in [0.1, 0.15) is 25.5 Å². The number of nitrogens with one attached hydrogen (secondary N) is 1. The van der Waals surface area contributed by atoms with Crippen LogP contribution in [0.25, 0.3) is 0 Å². The predicted molar refractivity (Wildman–Crippen MR) is 67.3 cm³/mol. The molecule has 0 unspecified atom stereocenters. The SMILES string of the molecule is CCCCN=C(N)NCCc1ccccn1. The van der Waals surface area contributed by atoms with Crippen molar-refractivity contribution in [3.63, 3.8) is 0 Å². The molecule has 3 N–H and O–H groups in total. The van der Waals surface area contributed by atoms with Crippen LogP contribution >= 0.6 is 0 Å². The second kappa shape index (κ2) is 7.68. The van der Waals surface area contributed by atoms with Gasteiger partial charge >= 0.3 is 0 Å². The average molecular weight is 220 g/mol. The second-order valence-electron chi connectivity index (χ2n) is 3.62. The van der Waals surface area contributed by atoms with E-state index in [1.807, 2.05) is 18.2 Å². The normalized spacial score (nSPS) is 11.4. The van der Waals surface area contributed by atoms with E-state index in [0.717, 1.165) is 38.0 Å². The first-order chi connectivity index (χ1) is 7.83. The van der Waals surface area contributed by atoms with Crippen LogP contribution in [0.3, 0.4) is 0 Å². The van der Waals surface area contributed by atoms with E-state index in [0.29, 0.717) is 5.96 Å². The molecule has 4 nitrogen and oxygen atoms in total. The van der Waals surface area contributed by atoms with Gasteiger partial charge < -0.3 is 11.1 Å². The summed E-state index contributed by atoms with van der Waals surface area (Å²) in [5.74, 6) is 0.532. The third-order valence-corrected chi connectivity index (χ3v) is 2.21. The van der Waals surface area contributed by atoms with Gasteiger partial charge in [-0.15, -0.1) is 0 Å². The fraction of sp³-hybridized carbons (Fsp3) is 0.500. The van der Waals surface area contributed by atoms with Crippen LogP contribution in [-0.2, 0) is 6.42 Å². The van der Waals surface area contributed by atoms with Gasteiger partial charge in [-0.2, -0.15) is 0 Å². The highest BCUT2D eigenvalue weighted by atomic mass is 15.1. The molecule has 0 bridgehead atoms. The molecule has 0 spiro atoms. The van der Waals surface area contributed by atoms with Crippen molar-refractivity contribution < 1.29 is 0 Å². The fourth-order valence-electron chi connectivity index (χ4n) is 1.28. The topological polar surface area (TPSA) is 63.3 Å². The molecule has 0 aliphatic carbocycles. The number of aromatic nitrogens is 1. The standard InChI is InChI=1S/C12H20N4/c1-2-3-8-15-12(13)16-10-7-11-6-4-5-9-14-11/h4-6,9H,2-3,7-8,10H2,1H3,(H3,13,15,16). The van der Waals surface area contributed by atoms with Gasteiger partial charge in [0.15, 0.2) is 5.96 Å². The number of pyridine rings is 1. The maximum absolute atomic E-state index is 5.70. The number of nitrogens with zero attached hydrogens (tertiary/aromatic N) is 2. The van der Waals surface area contributed by atoms with Crippen LogP contribution in [-0.4, -0.2) is 24.0 Å². The van der Waals surface area contributed by atoms with Crippen LogP contribution in [0.2, 0.25) is 0 Å². The van der Waals surface area contributed by atoms with Gasteiger partial charge in [0.1, 0.15) is 0 Å². The molecule has 0 saturated carbocycles. The second-order valence-corrected chi connectivity index (χ2v) is 3.62. The van der Waals surface area contributed by atoms with Gasteiger partial charge in [0, 0.05) is 31.4 Å². The van der Waals surface area contributed by atoms with Crippen molar-refractivity contribution in [3.8, 4) is 0 Å². The van der Waals surface area contributed by atoms with E-state index in [1.165, 1.54) is 0 Å². The van der Waals surface area contributed by atoms with Crippen LogP contribution in [0.15, 0.2) is 29.4 Å². The molecule has 1 aromatic heterocycles. The first-order valence-electron chi connectivity index (χ1n) is 5.76. The zero-order valence-electron chi connectivity index (χ0n) is 9.82.